The van der Waals surface area contributed by atoms with Gasteiger partial charge in [-0.15, -0.1) is 0 Å². The summed E-state index contributed by atoms with van der Waals surface area (Å²) < 4.78 is 36.5. The first-order valence-corrected chi connectivity index (χ1v) is 10.4. The number of nitrogens with zero attached hydrogens (tertiary/aromatic N) is 5. The second-order valence-electron chi connectivity index (χ2n) is 8.00. The monoisotopic (exact) mass is 424 g/mol. The van der Waals surface area contributed by atoms with Crippen molar-refractivity contribution >= 4 is 17.0 Å². The summed E-state index contributed by atoms with van der Waals surface area (Å²) in [6.45, 7) is 4.76. The summed E-state index contributed by atoms with van der Waals surface area (Å²) in [5, 5.41) is 12.5. The molecular weight excluding hydrogens is 402 g/mol. The molecule has 3 aromatic rings. The molecule has 5 rings (SSSR count). The highest BCUT2D eigenvalue weighted by molar-refractivity contribution is 5.80. The minimum Gasteiger partial charge on any atom is -0.375 e. The highest BCUT2D eigenvalue weighted by atomic mass is 19.1. The van der Waals surface area contributed by atoms with Crippen LogP contribution in [0.25, 0.3) is 11.0 Å². The van der Waals surface area contributed by atoms with Gasteiger partial charge in [-0.3, -0.25) is 4.98 Å². The molecule has 9 heteroatoms. The number of nitriles is 1. The van der Waals surface area contributed by atoms with Crippen LogP contribution in [0.15, 0.2) is 30.5 Å². The van der Waals surface area contributed by atoms with E-state index in [2.05, 4.69) is 26.3 Å². The number of nitrogens with one attached hydrogen (secondary N) is 1. The van der Waals surface area contributed by atoms with Crippen LogP contribution in [0.2, 0.25) is 0 Å². The molecule has 2 saturated heterocycles. The van der Waals surface area contributed by atoms with E-state index in [0.717, 1.165) is 19.0 Å². The largest absolute Gasteiger partial charge is 0.375 e. The van der Waals surface area contributed by atoms with Crippen molar-refractivity contribution < 1.29 is 13.5 Å². The molecule has 7 nitrogen and oxygen atoms in total. The third-order valence-electron chi connectivity index (χ3n) is 6.10. The van der Waals surface area contributed by atoms with E-state index in [4.69, 9.17) is 10.00 Å². The molecule has 0 unspecified atom stereocenters. The lowest BCUT2D eigenvalue weighted by Crippen LogP contribution is -2.58. The summed E-state index contributed by atoms with van der Waals surface area (Å²) in [6.07, 6.45) is 2.47. The van der Waals surface area contributed by atoms with Crippen molar-refractivity contribution in [3.8, 4) is 6.07 Å². The maximum Gasteiger partial charge on any atom is 0.207 e. The van der Waals surface area contributed by atoms with Crippen molar-refractivity contribution in [1.82, 2.24) is 19.9 Å². The minimum atomic E-state index is -0.691. The zero-order chi connectivity index (χ0) is 21.5. The molecule has 4 heterocycles. The van der Waals surface area contributed by atoms with Crippen LogP contribution >= 0.6 is 0 Å². The molecule has 0 radical (unpaired) electrons. The van der Waals surface area contributed by atoms with E-state index in [0.29, 0.717) is 42.4 Å². The fourth-order valence-electron chi connectivity index (χ4n) is 4.53. The van der Waals surface area contributed by atoms with Gasteiger partial charge in [-0.1, -0.05) is 0 Å². The van der Waals surface area contributed by atoms with Gasteiger partial charge >= 0.3 is 0 Å². The molecule has 0 bridgehead atoms. The van der Waals surface area contributed by atoms with Gasteiger partial charge in [0, 0.05) is 38.0 Å². The van der Waals surface area contributed by atoms with Crippen molar-refractivity contribution in [3.63, 3.8) is 0 Å². The smallest absolute Gasteiger partial charge is 0.207 e. The Morgan fingerprint density at radius 1 is 1.32 bits per heavy atom. The number of imidazole rings is 1. The number of benzene rings is 1. The van der Waals surface area contributed by atoms with Crippen molar-refractivity contribution in [2.75, 3.05) is 31.1 Å². The molecule has 0 spiro atoms. The first-order valence-electron chi connectivity index (χ1n) is 10.4. The Hall–Kier alpha value is -3.09. The summed E-state index contributed by atoms with van der Waals surface area (Å²) >= 11 is 0. The van der Waals surface area contributed by atoms with E-state index < -0.39 is 11.6 Å². The fraction of sp³-hybridized carbons (Fsp3) is 0.409. The van der Waals surface area contributed by atoms with Crippen molar-refractivity contribution in [1.29, 1.82) is 5.26 Å². The Labute approximate surface area is 178 Å². The predicted octanol–water partition coefficient (Wildman–Crippen LogP) is 2.76. The third kappa shape index (κ3) is 3.52. The molecule has 0 aliphatic carbocycles. The lowest BCUT2D eigenvalue weighted by molar-refractivity contribution is -0.0137. The van der Waals surface area contributed by atoms with Crippen molar-refractivity contribution in [3.05, 3.63) is 53.4 Å². The predicted molar refractivity (Wildman–Crippen MR) is 111 cm³/mol. The Morgan fingerprint density at radius 3 is 2.97 bits per heavy atom. The number of hydrogen-bond donors (Lipinski definition) is 1. The second kappa shape index (κ2) is 7.87. The topological polar surface area (TPSA) is 79.0 Å². The van der Waals surface area contributed by atoms with Gasteiger partial charge in [0.05, 0.1) is 41.6 Å². The van der Waals surface area contributed by atoms with Gasteiger partial charge in [0.15, 0.2) is 5.82 Å². The van der Waals surface area contributed by atoms with Crippen LogP contribution in [0.3, 0.4) is 0 Å². The van der Waals surface area contributed by atoms with E-state index in [-0.39, 0.29) is 23.7 Å². The van der Waals surface area contributed by atoms with Crippen molar-refractivity contribution in [2.45, 2.75) is 31.5 Å². The number of hydrogen-bond acceptors (Lipinski definition) is 6. The first-order chi connectivity index (χ1) is 15.0. The Bertz CT molecular complexity index is 1160. The molecule has 0 amide bonds. The number of pyridine rings is 1. The summed E-state index contributed by atoms with van der Waals surface area (Å²) in [5.41, 5.74) is 1.64. The van der Waals surface area contributed by atoms with Crippen LogP contribution in [0.1, 0.15) is 30.6 Å². The molecule has 160 valence electrons. The zero-order valence-corrected chi connectivity index (χ0v) is 17.1. The average Bonchev–Trinajstić information content (AvgIpc) is 3.18. The van der Waals surface area contributed by atoms with Gasteiger partial charge in [-0.25, -0.2) is 13.8 Å². The number of ether oxygens (including phenoxy) is 1. The lowest BCUT2D eigenvalue weighted by atomic mass is 10.0. The standard InChI is InChI=1S/C22H22F2N6O/c1-13(17-3-2-14(10-25)11-27-17)30-19-9-15(23)8-16(24)21(19)28-22(30)29-6-4-20-18(12-29)26-5-7-31-20/h2-3,8-9,11,13,18,20,26H,4-7,12H2,1H3/t13-,18+,20+/m0/s1. The summed E-state index contributed by atoms with van der Waals surface area (Å²) in [7, 11) is 0. The summed E-state index contributed by atoms with van der Waals surface area (Å²) in [6, 6.07) is 7.48. The van der Waals surface area contributed by atoms with E-state index in [1.165, 1.54) is 12.3 Å². The molecule has 0 saturated carbocycles. The highest BCUT2D eigenvalue weighted by Gasteiger charge is 2.35. The molecule has 1 aromatic carbocycles. The number of piperidine rings is 1. The zero-order valence-electron chi connectivity index (χ0n) is 17.1. The molecule has 2 aromatic heterocycles. The maximum atomic E-state index is 14.6. The Balaban J connectivity index is 1.60. The average molecular weight is 424 g/mol. The number of fused-ring (bicyclic) bond motifs is 2. The Kier molecular flexibility index (Phi) is 5.04. The number of anilines is 1. The van der Waals surface area contributed by atoms with Crippen LogP contribution in [0.5, 0.6) is 0 Å². The molecular formula is C22H22F2N6O. The number of rotatable bonds is 3. The van der Waals surface area contributed by atoms with Crippen LogP contribution in [-0.2, 0) is 4.74 Å². The first kappa shape index (κ1) is 19.8. The lowest BCUT2D eigenvalue weighted by Gasteiger charge is -2.42. The Morgan fingerprint density at radius 2 is 2.19 bits per heavy atom. The van der Waals surface area contributed by atoms with Crippen LogP contribution in [-0.4, -0.2) is 52.9 Å². The van der Waals surface area contributed by atoms with E-state index >= 15 is 0 Å². The van der Waals surface area contributed by atoms with E-state index in [1.54, 1.807) is 12.1 Å². The summed E-state index contributed by atoms with van der Waals surface area (Å²) in [5.74, 6) is -0.772. The highest BCUT2D eigenvalue weighted by Crippen LogP contribution is 2.33. The van der Waals surface area contributed by atoms with Gasteiger partial charge in [0.25, 0.3) is 0 Å². The quantitative estimate of drug-likeness (QED) is 0.697. The molecule has 31 heavy (non-hydrogen) atoms. The third-order valence-corrected chi connectivity index (χ3v) is 6.10. The van der Waals surface area contributed by atoms with Gasteiger partial charge in [-0.2, -0.15) is 5.26 Å². The number of halogens is 2. The van der Waals surface area contributed by atoms with Gasteiger partial charge < -0.3 is 19.5 Å². The van der Waals surface area contributed by atoms with Crippen LogP contribution in [0, 0.1) is 23.0 Å². The molecule has 2 aliphatic heterocycles. The molecule has 2 fully saturated rings. The van der Waals surface area contributed by atoms with Crippen LogP contribution in [0.4, 0.5) is 14.7 Å². The normalized spacial score (nSPS) is 22.2. The van der Waals surface area contributed by atoms with Crippen LogP contribution < -0.4 is 10.2 Å². The van der Waals surface area contributed by atoms with E-state index in [1.807, 2.05) is 11.5 Å². The van der Waals surface area contributed by atoms with Gasteiger partial charge in [0.1, 0.15) is 17.4 Å². The number of aromatic nitrogens is 3. The summed E-state index contributed by atoms with van der Waals surface area (Å²) in [4.78, 5) is 11.1. The molecule has 1 N–H and O–H groups in total. The minimum absolute atomic E-state index is 0.131. The van der Waals surface area contributed by atoms with Gasteiger partial charge in [-0.05, 0) is 25.5 Å². The van der Waals surface area contributed by atoms with E-state index in [9.17, 15) is 8.78 Å². The second-order valence-corrected chi connectivity index (χ2v) is 8.00. The molecule has 3 atom stereocenters. The fourth-order valence-corrected chi connectivity index (χ4v) is 4.53. The van der Waals surface area contributed by atoms with Crippen molar-refractivity contribution in [2.24, 2.45) is 0 Å². The maximum absolute atomic E-state index is 14.6. The SMILES string of the molecule is C[C@@H](c1ccc(C#N)cn1)n1c(N2CC[C@H]3OCCN[C@@H]3C2)nc2c(F)cc(F)cc21. The van der Waals surface area contributed by atoms with Gasteiger partial charge in [0.2, 0.25) is 5.95 Å². The number of morpholine rings is 1. The molecule has 2 aliphatic rings.